The van der Waals surface area contributed by atoms with Crippen LogP contribution in [0.5, 0.6) is 0 Å². The standard InChI is InChI=1S/C65H121NO5/c1-3-5-7-9-11-13-15-17-19-20-24-27-30-33-37-41-45-49-53-57-63(68)62(61-67)66-64(69)58-54-50-46-42-38-34-31-28-25-22-21-23-26-29-32-36-40-44-48-52-56-60-71-65(70)59-55-51-47-43-39-35-18-16-14-12-10-8-6-4-2/h16,18,36,40,48,52-53,57,62-63,67-68H,3-15,17,19-35,37-39,41-47,49-51,54-56,58-61H2,1-2H3,(H,66,69)/b18-16-,40-36-,52-48-,57-53+. The van der Waals surface area contributed by atoms with Gasteiger partial charge >= 0.3 is 5.97 Å². The van der Waals surface area contributed by atoms with Crippen LogP contribution in [0.1, 0.15) is 328 Å². The Balaban J connectivity index is 3.49. The van der Waals surface area contributed by atoms with Gasteiger partial charge in [0.05, 0.1) is 25.4 Å². The molecular formula is C65H121NO5. The molecule has 71 heavy (non-hydrogen) atoms. The summed E-state index contributed by atoms with van der Waals surface area (Å²) >= 11 is 0. The van der Waals surface area contributed by atoms with Crippen molar-refractivity contribution >= 4 is 11.9 Å². The third-order valence-electron chi connectivity index (χ3n) is 14.3. The van der Waals surface area contributed by atoms with E-state index in [-0.39, 0.29) is 18.5 Å². The predicted octanol–water partition coefficient (Wildman–Crippen LogP) is 19.7. The van der Waals surface area contributed by atoms with E-state index in [4.69, 9.17) is 4.74 Å². The molecule has 0 spiro atoms. The molecule has 3 N–H and O–H groups in total. The number of nitrogens with one attached hydrogen (secondary N) is 1. The van der Waals surface area contributed by atoms with Crippen molar-refractivity contribution in [1.29, 1.82) is 0 Å². The maximum absolute atomic E-state index is 12.5. The molecule has 0 saturated carbocycles. The maximum atomic E-state index is 12.5. The zero-order valence-corrected chi connectivity index (χ0v) is 47.5. The smallest absolute Gasteiger partial charge is 0.305 e. The third kappa shape index (κ3) is 57.0. The van der Waals surface area contributed by atoms with E-state index < -0.39 is 12.1 Å². The molecule has 0 aliphatic carbocycles. The maximum Gasteiger partial charge on any atom is 0.305 e. The van der Waals surface area contributed by atoms with E-state index in [9.17, 15) is 19.8 Å². The number of aliphatic hydroxyl groups is 2. The molecule has 2 atom stereocenters. The van der Waals surface area contributed by atoms with Crippen molar-refractivity contribution in [3.63, 3.8) is 0 Å². The first-order chi connectivity index (χ1) is 35.0. The van der Waals surface area contributed by atoms with Gasteiger partial charge < -0.3 is 20.3 Å². The largest absolute Gasteiger partial charge is 0.465 e. The Morgan fingerprint density at radius 2 is 0.704 bits per heavy atom. The molecule has 6 heteroatoms. The normalized spacial score (nSPS) is 12.9. The van der Waals surface area contributed by atoms with Gasteiger partial charge in [0.25, 0.3) is 0 Å². The molecule has 1 amide bonds. The molecule has 0 fully saturated rings. The Bertz CT molecular complexity index is 1190. The minimum atomic E-state index is -0.849. The van der Waals surface area contributed by atoms with Crippen molar-refractivity contribution in [1.82, 2.24) is 5.32 Å². The summed E-state index contributed by atoms with van der Waals surface area (Å²) in [5.74, 6) is -0.116. The molecule has 0 aliphatic rings. The average Bonchev–Trinajstić information content (AvgIpc) is 3.37. The van der Waals surface area contributed by atoms with Gasteiger partial charge in [-0.1, -0.05) is 287 Å². The Morgan fingerprint density at radius 1 is 0.394 bits per heavy atom. The molecule has 0 radical (unpaired) electrons. The lowest BCUT2D eigenvalue weighted by molar-refractivity contribution is -0.143. The van der Waals surface area contributed by atoms with Gasteiger partial charge in [0, 0.05) is 12.8 Å². The topological polar surface area (TPSA) is 95.9 Å². The van der Waals surface area contributed by atoms with Crippen molar-refractivity contribution in [2.75, 3.05) is 13.2 Å². The Morgan fingerprint density at radius 3 is 1.08 bits per heavy atom. The Kier molecular flexibility index (Phi) is 58.5. The lowest BCUT2D eigenvalue weighted by atomic mass is 10.0. The molecule has 6 nitrogen and oxygen atoms in total. The van der Waals surface area contributed by atoms with Gasteiger partial charge in [-0.05, 0) is 77.0 Å². The van der Waals surface area contributed by atoms with Crippen LogP contribution in [0.25, 0.3) is 0 Å². The summed E-state index contributed by atoms with van der Waals surface area (Å²) in [5.41, 5.74) is 0. The van der Waals surface area contributed by atoms with Crippen LogP contribution in [0.3, 0.4) is 0 Å². The lowest BCUT2D eigenvalue weighted by Crippen LogP contribution is -2.45. The van der Waals surface area contributed by atoms with E-state index in [1.54, 1.807) is 6.08 Å². The van der Waals surface area contributed by atoms with Crippen LogP contribution in [-0.2, 0) is 14.3 Å². The van der Waals surface area contributed by atoms with Crippen LogP contribution in [0.15, 0.2) is 48.6 Å². The van der Waals surface area contributed by atoms with E-state index in [1.807, 2.05) is 6.08 Å². The molecule has 0 bridgehead atoms. The SMILES string of the molecule is CCCCCCC/C=C\CCCCCCCC(=O)OCC/C=C\C/C=C\CCCCCCCCCCCCCCCCC(=O)NC(CO)C(O)/C=C/CCCCCCCCCCCCCCCCCCC. The molecule has 0 saturated heterocycles. The number of allylic oxidation sites excluding steroid dienone is 6. The highest BCUT2D eigenvalue weighted by atomic mass is 16.5. The third-order valence-corrected chi connectivity index (χ3v) is 14.3. The van der Waals surface area contributed by atoms with E-state index in [2.05, 4.69) is 55.6 Å². The summed E-state index contributed by atoms with van der Waals surface area (Å²) < 4.78 is 5.41. The average molecular weight is 997 g/mol. The van der Waals surface area contributed by atoms with Crippen LogP contribution in [0.4, 0.5) is 0 Å². The van der Waals surface area contributed by atoms with Crippen molar-refractivity contribution in [3.8, 4) is 0 Å². The van der Waals surface area contributed by atoms with Crippen LogP contribution < -0.4 is 5.32 Å². The first-order valence-corrected chi connectivity index (χ1v) is 31.4. The van der Waals surface area contributed by atoms with Gasteiger partial charge in [-0.15, -0.1) is 0 Å². The fourth-order valence-electron chi connectivity index (χ4n) is 9.53. The van der Waals surface area contributed by atoms with Gasteiger partial charge in [-0.25, -0.2) is 0 Å². The second-order valence-electron chi connectivity index (χ2n) is 21.4. The van der Waals surface area contributed by atoms with Crippen molar-refractivity contribution in [3.05, 3.63) is 48.6 Å². The Labute approximate surface area is 442 Å². The number of amides is 1. The number of hydrogen-bond acceptors (Lipinski definition) is 5. The Hall–Kier alpha value is -2.18. The molecular weight excluding hydrogens is 875 g/mol. The van der Waals surface area contributed by atoms with Gasteiger partial charge in [0.1, 0.15) is 0 Å². The summed E-state index contributed by atoms with van der Waals surface area (Å²) in [4.78, 5) is 24.5. The summed E-state index contributed by atoms with van der Waals surface area (Å²) in [6, 6.07) is -0.633. The van der Waals surface area contributed by atoms with E-state index in [1.165, 1.54) is 250 Å². The summed E-state index contributed by atoms with van der Waals surface area (Å²) in [6.07, 6.45) is 77.4. The van der Waals surface area contributed by atoms with E-state index >= 15 is 0 Å². The summed E-state index contributed by atoms with van der Waals surface area (Å²) in [7, 11) is 0. The summed E-state index contributed by atoms with van der Waals surface area (Å²) in [5, 5.41) is 23.2. The lowest BCUT2D eigenvalue weighted by Gasteiger charge is -2.20. The monoisotopic (exact) mass is 996 g/mol. The number of esters is 1. The molecule has 0 rings (SSSR count). The first kappa shape index (κ1) is 68.8. The molecule has 0 aliphatic heterocycles. The van der Waals surface area contributed by atoms with E-state index in [0.717, 1.165) is 51.4 Å². The number of rotatable bonds is 58. The molecule has 0 aromatic rings. The van der Waals surface area contributed by atoms with Gasteiger partial charge in [0.15, 0.2) is 0 Å². The zero-order chi connectivity index (χ0) is 51.4. The van der Waals surface area contributed by atoms with Crippen molar-refractivity contribution < 1.29 is 24.5 Å². The highest BCUT2D eigenvalue weighted by molar-refractivity contribution is 5.76. The quantitative estimate of drug-likeness (QED) is 0.0321. The fourth-order valence-corrected chi connectivity index (χ4v) is 9.53. The number of aliphatic hydroxyl groups excluding tert-OH is 2. The zero-order valence-electron chi connectivity index (χ0n) is 47.5. The number of unbranched alkanes of at least 4 members (excludes halogenated alkanes) is 41. The van der Waals surface area contributed by atoms with Gasteiger partial charge in [-0.3, -0.25) is 9.59 Å². The summed E-state index contributed by atoms with van der Waals surface area (Å²) in [6.45, 7) is 4.80. The van der Waals surface area contributed by atoms with Gasteiger partial charge in [-0.2, -0.15) is 0 Å². The van der Waals surface area contributed by atoms with Crippen LogP contribution >= 0.6 is 0 Å². The molecule has 0 aromatic heterocycles. The first-order valence-electron chi connectivity index (χ1n) is 31.4. The molecule has 0 aromatic carbocycles. The van der Waals surface area contributed by atoms with Crippen LogP contribution in [-0.4, -0.2) is 47.4 Å². The van der Waals surface area contributed by atoms with E-state index in [0.29, 0.717) is 19.4 Å². The van der Waals surface area contributed by atoms with Crippen molar-refractivity contribution in [2.45, 2.75) is 341 Å². The van der Waals surface area contributed by atoms with Crippen LogP contribution in [0.2, 0.25) is 0 Å². The number of hydrogen-bond donors (Lipinski definition) is 3. The second kappa shape index (κ2) is 60.4. The van der Waals surface area contributed by atoms with Crippen molar-refractivity contribution in [2.24, 2.45) is 0 Å². The number of carbonyl (C=O) groups is 2. The minimum Gasteiger partial charge on any atom is -0.465 e. The fraction of sp³-hybridized carbons (Fsp3) is 0.846. The van der Waals surface area contributed by atoms with Gasteiger partial charge in [0.2, 0.25) is 5.91 Å². The molecule has 2 unspecified atom stereocenters. The second-order valence-corrected chi connectivity index (χ2v) is 21.4. The molecule has 416 valence electrons. The highest BCUT2D eigenvalue weighted by Crippen LogP contribution is 2.17. The number of carbonyl (C=O) groups excluding carboxylic acids is 2. The van der Waals surface area contributed by atoms with Crippen LogP contribution in [0, 0.1) is 0 Å². The molecule has 0 heterocycles. The number of ether oxygens (including phenoxy) is 1. The minimum absolute atomic E-state index is 0.0445. The predicted molar refractivity (Wildman–Crippen MR) is 310 cm³/mol. The highest BCUT2D eigenvalue weighted by Gasteiger charge is 2.18.